The number of benzene rings is 1. The third kappa shape index (κ3) is 2.96. The van der Waals surface area contributed by atoms with E-state index < -0.39 is 0 Å². The fourth-order valence-electron chi connectivity index (χ4n) is 1.95. The van der Waals surface area contributed by atoms with Crippen molar-refractivity contribution in [2.24, 2.45) is 5.84 Å². The summed E-state index contributed by atoms with van der Waals surface area (Å²) in [5, 5.41) is 3.08. The van der Waals surface area contributed by atoms with Gasteiger partial charge in [0.2, 0.25) is 5.95 Å². The van der Waals surface area contributed by atoms with Gasteiger partial charge in [-0.25, -0.2) is 10.8 Å². The van der Waals surface area contributed by atoms with Gasteiger partial charge in [0.25, 0.3) is 0 Å². The number of hydrogen-bond donors (Lipinski definition) is 3. The normalized spacial score (nSPS) is 10.1. The molecule has 0 radical (unpaired) electrons. The molecule has 0 bridgehead atoms. The highest BCUT2D eigenvalue weighted by molar-refractivity contribution is 5.75. The number of rotatable bonds is 4. The molecule has 0 saturated heterocycles. The number of nitrogens with zero attached hydrogens (tertiary/aromatic N) is 3. The highest BCUT2D eigenvalue weighted by Crippen LogP contribution is 2.26. The minimum Gasteiger partial charge on any atom is -0.323 e. The van der Waals surface area contributed by atoms with Crippen LogP contribution in [-0.2, 0) is 0 Å². The highest BCUT2D eigenvalue weighted by Gasteiger charge is 2.08. The molecular weight excluding hydrogens is 264 g/mol. The summed E-state index contributed by atoms with van der Waals surface area (Å²) in [5.74, 6) is 6.58. The van der Waals surface area contributed by atoms with Crippen LogP contribution in [0.3, 0.4) is 0 Å². The summed E-state index contributed by atoms with van der Waals surface area (Å²) < 4.78 is 0. The molecule has 1 aromatic carbocycles. The number of hydrazine groups is 1. The summed E-state index contributed by atoms with van der Waals surface area (Å²) in [6.07, 6.45) is 5.14. The van der Waals surface area contributed by atoms with Gasteiger partial charge in [-0.2, -0.15) is 4.98 Å². The van der Waals surface area contributed by atoms with E-state index in [2.05, 4.69) is 25.7 Å². The van der Waals surface area contributed by atoms with Gasteiger partial charge in [-0.3, -0.25) is 4.98 Å². The zero-order valence-corrected chi connectivity index (χ0v) is 11.2. The van der Waals surface area contributed by atoms with Gasteiger partial charge in [0.15, 0.2) is 5.82 Å². The molecule has 6 heteroatoms. The van der Waals surface area contributed by atoms with Gasteiger partial charge in [0.05, 0.1) is 11.9 Å². The van der Waals surface area contributed by atoms with Crippen LogP contribution in [0.15, 0.2) is 61.1 Å². The Morgan fingerprint density at radius 2 is 1.81 bits per heavy atom. The fourth-order valence-corrected chi connectivity index (χ4v) is 1.95. The zero-order chi connectivity index (χ0) is 14.5. The lowest BCUT2D eigenvalue weighted by molar-refractivity contribution is 1.14. The maximum absolute atomic E-state index is 5.57. The monoisotopic (exact) mass is 278 g/mol. The van der Waals surface area contributed by atoms with Gasteiger partial charge in [-0.15, -0.1) is 0 Å². The largest absolute Gasteiger partial charge is 0.323 e. The molecule has 2 aromatic heterocycles. The molecule has 6 nitrogen and oxygen atoms in total. The lowest BCUT2D eigenvalue weighted by Crippen LogP contribution is -2.11. The summed E-state index contributed by atoms with van der Waals surface area (Å²) in [5.41, 5.74) is 5.27. The van der Waals surface area contributed by atoms with Crippen molar-refractivity contribution in [1.29, 1.82) is 0 Å². The summed E-state index contributed by atoms with van der Waals surface area (Å²) in [4.78, 5) is 12.7. The molecule has 21 heavy (non-hydrogen) atoms. The van der Waals surface area contributed by atoms with Crippen molar-refractivity contribution >= 4 is 17.5 Å². The van der Waals surface area contributed by atoms with E-state index in [-0.39, 0.29) is 0 Å². The second-order valence-corrected chi connectivity index (χ2v) is 4.33. The molecule has 104 valence electrons. The molecule has 0 saturated carbocycles. The van der Waals surface area contributed by atoms with Crippen LogP contribution in [0.25, 0.3) is 11.1 Å². The number of nitrogens with two attached hydrogens (primary N) is 1. The first-order valence-corrected chi connectivity index (χ1v) is 6.43. The fraction of sp³-hybridized carbons (Fsp3) is 0. The van der Waals surface area contributed by atoms with Crippen LogP contribution in [0.1, 0.15) is 0 Å². The van der Waals surface area contributed by atoms with Crippen molar-refractivity contribution in [3.8, 4) is 11.1 Å². The van der Waals surface area contributed by atoms with Gasteiger partial charge in [-0.05, 0) is 17.7 Å². The first kappa shape index (κ1) is 13.0. The molecule has 4 N–H and O–H groups in total. The molecule has 3 aromatic rings. The number of anilines is 3. The third-order valence-electron chi connectivity index (χ3n) is 2.93. The minimum absolute atomic E-state index is 0.454. The SMILES string of the molecule is NNc1nc(Nc2cccnc2)ncc1-c1ccccc1. The van der Waals surface area contributed by atoms with E-state index in [0.717, 1.165) is 16.8 Å². The van der Waals surface area contributed by atoms with Gasteiger partial charge < -0.3 is 10.7 Å². The Morgan fingerprint density at radius 3 is 2.52 bits per heavy atom. The molecule has 3 rings (SSSR count). The Balaban J connectivity index is 1.92. The van der Waals surface area contributed by atoms with Crippen LogP contribution >= 0.6 is 0 Å². The first-order chi connectivity index (χ1) is 10.4. The number of aromatic nitrogens is 3. The van der Waals surface area contributed by atoms with Crippen LogP contribution < -0.4 is 16.6 Å². The molecule has 2 heterocycles. The van der Waals surface area contributed by atoms with Gasteiger partial charge >= 0.3 is 0 Å². The lowest BCUT2D eigenvalue weighted by Gasteiger charge is -2.10. The predicted octanol–water partition coefficient (Wildman–Crippen LogP) is 2.57. The van der Waals surface area contributed by atoms with E-state index >= 15 is 0 Å². The van der Waals surface area contributed by atoms with E-state index in [9.17, 15) is 0 Å². The van der Waals surface area contributed by atoms with Crippen LogP contribution in [0, 0.1) is 0 Å². The van der Waals surface area contributed by atoms with Gasteiger partial charge in [0.1, 0.15) is 0 Å². The van der Waals surface area contributed by atoms with Gasteiger partial charge in [0, 0.05) is 18.0 Å². The van der Waals surface area contributed by atoms with E-state index in [1.165, 1.54) is 0 Å². The highest BCUT2D eigenvalue weighted by atomic mass is 15.3. The summed E-state index contributed by atoms with van der Waals surface area (Å²) in [7, 11) is 0. The van der Waals surface area contributed by atoms with Crippen molar-refractivity contribution in [2.75, 3.05) is 10.7 Å². The number of pyridine rings is 1. The zero-order valence-electron chi connectivity index (χ0n) is 11.2. The predicted molar refractivity (Wildman–Crippen MR) is 82.8 cm³/mol. The average molecular weight is 278 g/mol. The maximum atomic E-state index is 5.57. The maximum Gasteiger partial charge on any atom is 0.229 e. The molecule has 0 amide bonds. The lowest BCUT2D eigenvalue weighted by atomic mass is 10.1. The van der Waals surface area contributed by atoms with Crippen LogP contribution in [0.2, 0.25) is 0 Å². The Bertz CT molecular complexity index is 715. The quantitative estimate of drug-likeness (QED) is 0.502. The average Bonchev–Trinajstić information content (AvgIpc) is 2.56. The molecule has 0 aliphatic heterocycles. The Labute approximate surface area is 122 Å². The molecule has 0 aliphatic carbocycles. The van der Waals surface area contributed by atoms with Crippen LogP contribution in [0.5, 0.6) is 0 Å². The van der Waals surface area contributed by atoms with Crippen LogP contribution in [0.4, 0.5) is 17.5 Å². The van der Waals surface area contributed by atoms with Gasteiger partial charge in [-0.1, -0.05) is 30.3 Å². The number of hydrogen-bond acceptors (Lipinski definition) is 6. The summed E-state index contributed by atoms with van der Waals surface area (Å²) in [6, 6.07) is 13.5. The van der Waals surface area contributed by atoms with Crippen molar-refractivity contribution in [3.05, 3.63) is 61.1 Å². The number of nitrogens with one attached hydrogen (secondary N) is 2. The van der Waals surface area contributed by atoms with Crippen molar-refractivity contribution in [3.63, 3.8) is 0 Å². The molecular formula is C15H14N6. The van der Waals surface area contributed by atoms with Crippen molar-refractivity contribution in [2.45, 2.75) is 0 Å². The molecule has 0 fully saturated rings. The Hall–Kier alpha value is -2.99. The molecule has 0 aliphatic rings. The number of nitrogen functional groups attached to an aromatic ring is 1. The Morgan fingerprint density at radius 1 is 0.952 bits per heavy atom. The second-order valence-electron chi connectivity index (χ2n) is 4.33. The summed E-state index contributed by atoms with van der Waals surface area (Å²) >= 11 is 0. The molecule has 0 spiro atoms. The van der Waals surface area contributed by atoms with Crippen molar-refractivity contribution in [1.82, 2.24) is 15.0 Å². The Kier molecular flexibility index (Phi) is 3.70. The second kappa shape index (κ2) is 5.98. The van der Waals surface area contributed by atoms with E-state index in [1.54, 1.807) is 18.6 Å². The third-order valence-corrected chi connectivity index (χ3v) is 2.93. The topological polar surface area (TPSA) is 88.8 Å². The van der Waals surface area contributed by atoms with E-state index in [1.807, 2.05) is 42.5 Å². The molecule has 0 unspecified atom stereocenters. The minimum atomic E-state index is 0.454. The summed E-state index contributed by atoms with van der Waals surface area (Å²) in [6.45, 7) is 0. The van der Waals surface area contributed by atoms with Crippen LogP contribution in [-0.4, -0.2) is 15.0 Å². The first-order valence-electron chi connectivity index (χ1n) is 6.43. The van der Waals surface area contributed by atoms with E-state index in [0.29, 0.717) is 11.8 Å². The van der Waals surface area contributed by atoms with Crippen molar-refractivity contribution < 1.29 is 0 Å². The van der Waals surface area contributed by atoms with E-state index in [4.69, 9.17) is 5.84 Å². The smallest absolute Gasteiger partial charge is 0.229 e. The standard InChI is InChI=1S/C15H14N6/c16-21-14-13(11-5-2-1-3-6-11)10-18-15(20-14)19-12-7-4-8-17-9-12/h1-10H,16H2,(H2,18,19,20,21). The molecule has 0 atom stereocenters.